The molecule has 0 fully saturated rings. The molecule has 0 amide bonds. The molecule has 78 valence electrons. The van der Waals surface area contributed by atoms with Crippen molar-refractivity contribution < 1.29 is 9.00 Å². The summed E-state index contributed by atoms with van der Waals surface area (Å²) < 4.78 is 15.1. The molecule has 5 heteroatoms. The van der Waals surface area contributed by atoms with Crippen LogP contribution in [0.15, 0.2) is 33.5 Å². The van der Waals surface area contributed by atoms with Gasteiger partial charge in [-0.2, -0.15) is 5.26 Å². The molecule has 1 rings (SSSR count). The Morgan fingerprint density at radius 3 is 2.33 bits per heavy atom. The number of hydrogen-bond acceptors (Lipinski definition) is 4. The van der Waals surface area contributed by atoms with Crippen molar-refractivity contribution in [2.24, 2.45) is 4.36 Å². The maximum Gasteiger partial charge on any atom is 0.214 e. The van der Waals surface area contributed by atoms with Crippen LogP contribution in [0.25, 0.3) is 0 Å². The molecule has 0 aliphatic rings. The van der Waals surface area contributed by atoms with Gasteiger partial charge in [-0.05, 0) is 19.1 Å². The maximum atomic E-state index is 11.8. The minimum atomic E-state index is -2.65. The van der Waals surface area contributed by atoms with Crippen molar-refractivity contribution in [1.29, 1.82) is 5.26 Å². The summed E-state index contributed by atoms with van der Waals surface area (Å²) in [5.41, 5.74) is 0.547. The molecule has 0 aliphatic heterocycles. The van der Waals surface area contributed by atoms with Gasteiger partial charge in [-0.1, -0.05) is 12.1 Å². The van der Waals surface area contributed by atoms with Crippen LogP contribution in [0.5, 0.6) is 0 Å². The number of carbonyl (C=O) groups excluding carboxylic acids is 1. The highest BCUT2D eigenvalue weighted by molar-refractivity contribution is 7.93. The van der Waals surface area contributed by atoms with Crippen molar-refractivity contribution >= 4 is 15.5 Å². The smallest absolute Gasteiger partial charge is 0.214 e. The van der Waals surface area contributed by atoms with Crippen LogP contribution in [-0.4, -0.2) is 16.2 Å². The van der Waals surface area contributed by atoms with Crippen LogP contribution in [0.2, 0.25) is 0 Å². The fourth-order valence-electron chi connectivity index (χ4n) is 1.07. The molecule has 1 aromatic rings. The van der Waals surface area contributed by atoms with Crippen LogP contribution < -0.4 is 0 Å². The molecular formula is C10H10N2O2S. The van der Waals surface area contributed by atoms with Crippen LogP contribution in [-0.2, 0) is 9.73 Å². The molecule has 0 N–H and O–H groups in total. The lowest BCUT2D eigenvalue weighted by Crippen LogP contribution is -1.98. The Labute approximate surface area is 88.7 Å². The normalized spacial score (nSPS) is 13.7. The van der Waals surface area contributed by atoms with Crippen LogP contribution in [0, 0.1) is 11.5 Å². The number of ketones is 1. The van der Waals surface area contributed by atoms with Crippen molar-refractivity contribution in [1.82, 2.24) is 0 Å². The molecule has 0 aromatic heterocycles. The van der Waals surface area contributed by atoms with E-state index in [1.807, 2.05) is 0 Å². The van der Waals surface area contributed by atoms with Gasteiger partial charge in [0.25, 0.3) is 0 Å². The number of nitrogens with zero attached hydrogens (tertiary/aromatic N) is 2. The van der Waals surface area contributed by atoms with E-state index in [9.17, 15) is 9.00 Å². The number of nitriles is 1. The summed E-state index contributed by atoms with van der Waals surface area (Å²) in [6.07, 6.45) is 2.91. The van der Waals surface area contributed by atoms with Crippen molar-refractivity contribution in [2.45, 2.75) is 11.8 Å². The second-order valence-corrected chi connectivity index (χ2v) is 5.33. The van der Waals surface area contributed by atoms with Crippen molar-refractivity contribution in [2.75, 3.05) is 6.26 Å². The zero-order valence-electron chi connectivity index (χ0n) is 8.43. The first-order chi connectivity index (χ1) is 6.97. The number of hydrogen-bond donors (Lipinski definition) is 0. The van der Waals surface area contributed by atoms with Crippen molar-refractivity contribution in [3.63, 3.8) is 0 Å². The fraction of sp³-hybridized carbons (Fsp3) is 0.200. The summed E-state index contributed by atoms with van der Waals surface area (Å²) in [6.45, 7) is 1.46. The minimum absolute atomic E-state index is 0.0543. The first-order valence-electron chi connectivity index (χ1n) is 4.18. The molecule has 0 saturated heterocycles. The van der Waals surface area contributed by atoms with Crippen molar-refractivity contribution in [3.05, 3.63) is 29.8 Å². The molecule has 0 aliphatic carbocycles. The Morgan fingerprint density at radius 1 is 1.40 bits per heavy atom. The Balaban J connectivity index is 3.23. The Kier molecular flexibility index (Phi) is 3.22. The second kappa shape index (κ2) is 4.24. The highest BCUT2D eigenvalue weighted by Gasteiger charge is 2.06. The number of rotatable bonds is 2. The second-order valence-electron chi connectivity index (χ2n) is 3.07. The van der Waals surface area contributed by atoms with Gasteiger partial charge in [0, 0.05) is 16.7 Å². The monoisotopic (exact) mass is 222 g/mol. The first kappa shape index (κ1) is 11.4. The molecule has 0 radical (unpaired) electrons. The predicted molar refractivity (Wildman–Crippen MR) is 56.8 cm³/mol. The molecule has 1 aromatic carbocycles. The summed E-state index contributed by atoms with van der Waals surface area (Å²) in [4.78, 5) is 11.4. The molecule has 4 nitrogen and oxygen atoms in total. The van der Waals surface area contributed by atoms with Gasteiger partial charge >= 0.3 is 0 Å². The van der Waals surface area contributed by atoms with Crippen LogP contribution in [0.3, 0.4) is 0 Å². The van der Waals surface area contributed by atoms with Gasteiger partial charge in [-0.15, -0.1) is 4.36 Å². The van der Waals surface area contributed by atoms with Gasteiger partial charge in [0.2, 0.25) is 6.19 Å². The van der Waals surface area contributed by atoms with E-state index in [2.05, 4.69) is 4.36 Å². The average Bonchev–Trinajstić information content (AvgIpc) is 2.18. The van der Waals surface area contributed by atoms with Crippen LogP contribution in [0.1, 0.15) is 17.3 Å². The Morgan fingerprint density at radius 2 is 1.93 bits per heavy atom. The van der Waals surface area contributed by atoms with Gasteiger partial charge in [0.1, 0.15) is 0 Å². The third-order valence-corrected chi connectivity index (χ3v) is 3.49. The number of benzene rings is 1. The zero-order valence-corrected chi connectivity index (χ0v) is 9.25. The summed E-state index contributed by atoms with van der Waals surface area (Å²) in [6, 6.07) is 6.27. The average molecular weight is 222 g/mol. The van der Waals surface area contributed by atoms with E-state index < -0.39 is 9.73 Å². The Bertz CT molecular complexity index is 532. The molecule has 0 bridgehead atoms. The van der Waals surface area contributed by atoms with E-state index in [1.165, 1.54) is 19.4 Å². The highest BCUT2D eigenvalue weighted by Crippen LogP contribution is 2.12. The van der Waals surface area contributed by atoms with Gasteiger partial charge in [0.05, 0.1) is 9.73 Å². The third-order valence-electron chi connectivity index (χ3n) is 1.91. The standard InChI is InChI=1S/C10H10N2O2S/c1-8(13)9-3-5-10(6-4-9)15(2,14)12-7-11/h3-6H,1-2H3. The lowest BCUT2D eigenvalue weighted by Gasteiger charge is -2.02. The highest BCUT2D eigenvalue weighted by atomic mass is 32.2. The molecule has 1 unspecified atom stereocenters. The van der Waals surface area contributed by atoms with Gasteiger partial charge < -0.3 is 0 Å². The Hall–Kier alpha value is -1.67. The van der Waals surface area contributed by atoms with E-state index in [-0.39, 0.29) is 5.78 Å². The lowest BCUT2D eigenvalue weighted by molar-refractivity contribution is 0.101. The first-order valence-corrected chi connectivity index (χ1v) is 6.11. The SMILES string of the molecule is CC(=O)c1ccc(S(C)(=O)=NC#N)cc1. The summed E-state index contributed by atoms with van der Waals surface area (Å²) in [5, 5.41) is 8.36. The molecule has 0 spiro atoms. The molecule has 0 saturated carbocycles. The quantitative estimate of drug-likeness (QED) is 0.566. The minimum Gasteiger partial charge on any atom is -0.295 e. The number of carbonyl (C=O) groups is 1. The third kappa shape index (κ3) is 2.64. The predicted octanol–water partition coefficient (Wildman–Crippen LogP) is 1.83. The topological polar surface area (TPSA) is 70.3 Å². The fourth-order valence-corrected chi connectivity index (χ4v) is 1.98. The van der Waals surface area contributed by atoms with Gasteiger partial charge in [0.15, 0.2) is 5.78 Å². The van der Waals surface area contributed by atoms with Gasteiger partial charge in [-0.3, -0.25) is 4.79 Å². The van der Waals surface area contributed by atoms with Crippen molar-refractivity contribution in [3.8, 4) is 6.19 Å². The van der Waals surface area contributed by atoms with E-state index >= 15 is 0 Å². The molecule has 15 heavy (non-hydrogen) atoms. The summed E-state index contributed by atoms with van der Waals surface area (Å²) >= 11 is 0. The number of Topliss-reactive ketones (excluding diaryl/α,β-unsaturated/α-hetero) is 1. The molecular weight excluding hydrogens is 212 g/mol. The maximum absolute atomic E-state index is 11.8. The van der Waals surface area contributed by atoms with Gasteiger partial charge in [-0.25, -0.2) is 4.21 Å². The van der Waals surface area contributed by atoms with E-state index in [4.69, 9.17) is 5.26 Å². The lowest BCUT2D eigenvalue weighted by atomic mass is 10.2. The zero-order chi connectivity index (χ0) is 11.5. The largest absolute Gasteiger partial charge is 0.295 e. The van der Waals surface area contributed by atoms with E-state index in [0.717, 1.165) is 0 Å². The summed E-state index contributed by atoms with van der Waals surface area (Å²) in [5.74, 6) is -0.0543. The van der Waals surface area contributed by atoms with E-state index in [1.54, 1.807) is 24.3 Å². The molecule has 1 atom stereocenters. The van der Waals surface area contributed by atoms with E-state index in [0.29, 0.717) is 10.5 Å². The molecule has 0 heterocycles. The summed E-state index contributed by atoms with van der Waals surface area (Å²) in [7, 11) is -2.65. The van der Waals surface area contributed by atoms with Crippen LogP contribution >= 0.6 is 0 Å². The van der Waals surface area contributed by atoms with Crippen LogP contribution in [0.4, 0.5) is 0 Å².